The number of carbonyl (C=O) groups is 2. The van der Waals surface area contributed by atoms with Crippen molar-refractivity contribution in [1.29, 1.82) is 0 Å². The largest absolute Gasteiger partial charge is 0.336 e. The zero-order valence-corrected chi connectivity index (χ0v) is 17.2. The SMILES string of the molecule is C=CC(=O)N1CCN(C(=O)NC(C)C#Cc2ccc(Cl)c(C3(C)CC3)c2)CC1. The predicted octanol–water partition coefficient (Wildman–Crippen LogP) is 3.17. The van der Waals surface area contributed by atoms with Gasteiger partial charge >= 0.3 is 6.03 Å². The standard InChI is InChI=1S/C22H26ClN3O2/c1-4-20(27)25-11-13-26(14-12-25)21(28)24-16(2)5-6-17-7-8-19(23)18(15-17)22(3)9-10-22/h4,7-8,15-16H,1,9-14H2,2-3H3,(H,24,28). The molecule has 1 unspecified atom stereocenters. The molecule has 1 N–H and O–H groups in total. The van der Waals surface area contributed by atoms with E-state index in [1.165, 1.54) is 6.08 Å². The molecule has 28 heavy (non-hydrogen) atoms. The highest BCUT2D eigenvalue weighted by molar-refractivity contribution is 6.31. The first kappa shape index (κ1) is 20.3. The van der Waals surface area contributed by atoms with Crippen molar-refractivity contribution >= 4 is 23.5 Å². The van der Waals surface area contributed by atoms with Crippen molar-refractivity contribution in [1.82, 2.24) is 15.1 Å². The van der Waals surface area contributed by atoms with Gasteiger partial charge in [0.05, 0.1) is 6.04 Å². The Hall–Kier alpha value is -2.45. The summed E-state index contributed by atoms with van der Waals surface area (Å²) in [6, 6.07) is 5.44. The van der Waals surface area contributed by atoms with Crippen molar-refractivity contribution in [3.8, 4) is 11.8 Å². The second kappa shape index (κ2) is 8.28. The molecule has 1 aromatic rings. The Bertz CT molecular complexity index is 843. The minimum Gasteiger partial charge on any atom is -0.336 e. The van der Waals surface area contributed by atoms with E-state index < -0.39 is 0 Å². The number of rotatable bonds is 3. The second-order valence-corrected chi connectivity index (χ2v) is 8.12. The van der Waals surface area contributed by atoms with E-state index in [0.29, 0.717) is 26.2 Å². The lowest BCUT2D eigenvalue weighted by Gasteiger charge is -2.34. The van der Waals surface area contributed by atoms with Crippen LogP contribution in [0.15, 0.2) is 30.9 Å². The fourth-order valence-corrected chi connectivity index (χ4v) is 3.63. The van der Waals surface area contributed by atoms with Gasteiger partial charge in [0.25, 0.3) is 0 Å². The molecule has 1 saturated carbocycles. The number of carbonyl (C=O) groups excluding carboxylic acids is 2. The number of hydrogen-bond donors (Lipinski definition) is 1. The molecule has 0 radical (unpaired) electrons. The van der Waals surface area contributed by atoms with Gasteiger partial charge in [-0.15, -0.1) is 0 Å². The fraction of sp³-hybridized carbons (Fsp3) is 0.455. The molecule has 3 rings (SSSR count). The molecule has 0 aromatic heterocycles. The van der Waals surface area contributed by atoms with E-state index in [2.05, 4.69) is 36.7 Å². The Kier molecular flexibility index (Phi) is 6.00. The zero-order chi connectivity index (χ0) is 20.3. The number of halogens is 1. The van der Waals surface area contributed by atoms with Gasteiger partial charge in [-0.1, -0.05) is 36.9 Å². The molecule has 6 heteroatoms. The van der Waals surface area contributed by atoms with E-state index in [9.17, 15) is 9.59 Å². The van der Waals surface area contributed by atoms with Crippen molar-refractivity contribution in [2.45, 2.75) is 38.1 Å². The maximum absolute atomic E-state index is 12.4. The van der Waals surface area contributed by atoms with Crippen molar-refractivity contribution < 1.29 is 9.59 Å². The fourth-order valence-electron chi connectivity index (χ4n) is 3.29. The van der Waals surface area contributed by atoms with Crippen LogP contribution in [0.3, 0.4) is 0 Å². The maximum Gasteiger partial charge on any atom is 0.318 e. The Morgan fingerprint density at radius 2 is 1.89 bits per heavy atom. The molecule has 0 bridgehead atoms. The van der Waals surface area contributed by atoms with Crippen LogP contribution >= 0.6 is 11.6 Å². The summed E-state index contributed by atoms with van der Waals surface area (Å²) in [5, 5.41) is 3.70. The average molecular weight is 400 g/mol. The van der Waals surface area contributed by atoms with Crippen molar-refractivity contribution in [2.24, 2.45) is 0 Å². The molecular weight excluding hydrogens is 374 g/mol. The molecule has 148 valence electrons. The Balaban J connectivity index is 1.55. The minimum atomic E-state index is -0.282. The number of nitrogens with zero attached hydrogens (tertiary/aromatic N) is 2. The normalized spacial score (nSPS) is 18.5. The first-order valence-electron chi connectivity index (χ1n) is 9.61. The third kappa shape index (κ3) is 4.69. The lowest BCUT2D eigenvalue weighted by atomic mass is 9.96. The summed E-state index contributed by atoms with van der Waals surface area (Å²) in [6.07, 6.45) is 3.61. The van der Waals surface area contributed by atoms with Gasteiger partial charge in [-0.2, -0.15) is 0 Å². The summed E-state index contributed by atoms with van der Waals surface area (Å²) >= 11 is 6.34. The highest BCUT2D eigenvalue weighted by atomic mass is 35.5. The van der Waals surface area contributed by atoms with Crippen molar-refractivity contribution in [3.05, 3.63) is 47.0 Å². The average Bonchev–Trinajstić information content (AvgIpc) is 3.45. The first-order valence-corrected chi connectivity index (χ1v) is 9.98. The van der Waals surface area contributed by atoms with E-state index in [1.54, 1.807) is 9.80 Å². The highest BCUT2D eigenvalue weighted by Gasteiger charge is 2.40. The Morgan fingerprint density at radius 3 is 2.50 bits per heavy atom. The quantitative estimate of drug-likeness (QED) is 0.627. The molecule has 1 aliphatic carbocycles. The number of piperazine rings is 1. The Labute approximate surface area is 171 Å². The van der Waals surface area contributed by atoms with Crippen LogP contribution < -0.4 is 5.32 Å². The minimum absolute atomic E-state index is 0.0957. The van der Waals surface area contributed by atoms with Gasteiger partial charge in [-0.3, -0.25) is 4.79 Å². The summed E-state index contributed by atoms with van der Waals surface area (Å²) in [4.78, 5) is 27.4. The van der Waals surface area contributed by atoms with Gasteiger partial charge in [-0.05, 0) is 55.0 Å². The molecule has 1 aromatic carbocycles. The monoisotopic (exact) mass is 399 g/mol. The molecule has 0 spiro atoms. The van der Waals surface area contributed by atoms with Gasteiger partial charge in [0.2, 0.25) is 5.91 Å². The number of hydrogen-bond acceptors (Lipinski definition) is 2. The van der Waals surface area contributed by atoms with Crippen LogP contribution in [0.25, 0.3) is 0 Å². The second-order valence-electron chi connectivity index (χ2n) is 7.71. The topological polar surface area (TPSA) is 52.7 Å². The lowest BCUT2D eigenvalue weighted by Crippen LogP contribution is -2.53. The molecule has 1 atom stereocenters. The first-order chi connectivity index (χ1) is 13.3. The molecule has 3 amide bonds. The molecule has 1 aliphatic heterocycles. The van der Waals surface area contributed by atoms with Crippen LogP contribution in [0.5, 0.6) is 0 Å². The summed E-state index contributed by atoms with van der Waals surface area (Å²) in [6.45, 7) is 9.62. The number of benzene rings is 1. The molecular formula is C22H26ClN3O2. The van der Waals surface area contributed by atoms with E-state index in [4.69, 9.17) is 11.6 Å². The van der Waals surface area contributed by atoms with Gasteiger partial charge in [0.1, 0.15) is 0 Å². The molecule has 2 aliphatic rings. The molecule has 1 saturated heterocycles. The highest BCUT2D eigenvalue weighted by Crippen LogP contribution is 2.50. The van der Waals surface area contributed by atoms with E-state index in [1.807, 2.05) is 19.1 Å². The van der Waals surface area contributed by atoms with Gasteiger partial charge in [-0.25, -0.2) is 4.79 Å². The number of amides is 3. The van der Waals surface area contributed by atoms with Gasteiger partial charge in [0.15, 0.2) is 0 Å². The van der Waals surface area contributed by atoms with Crippen LogP contribution in [-0.4, -0.2) is 54.0 Å². The number of nitrogens with one attached hydrogen (secondary N) is 1. The zero-order valence-electron chi connectivity index (χ0n) is 16.4. The van der Waals surface area contributed by atoms with E-state index >= 15 is 0 Å². The summed E-state index contributed by atoms with van der Waals surface area (Å²) in [7, 11) is 0. The molecule has 5 nitrogen and oxygen atoms in total. The third-order valence-corrected chi connectivity index (χ3v) is 5.77. The predicted molar refractivity (Wildman–Crippen MR) is 111 cm³/mol. The van der Waals surface area contributed by atoms with Crippen LogP contribution in [-0.2, 0) is 10.2 Å². The maximum atomic E-state index is 12.4. The molecule has 2 fully saturated rings. The van der Waals surface area contributed by atoms with E-state index in [-0.39, 0.29) is 23.4 Å². The third-order valence-electron chi connectivity index (χ3n) is 5.44. The van der Waals surface area contributed by atoms with Gasteiger partial charge in [0, 0.05) is 36.8 Å². The van der Waals surface area contributed by atoms with Crippen LogP contribution in [0.1, 0.15) is 37.8 Å². The van der Waals surface area contributed by atoms with Crippen LogP contribution in [0.4, 0.5) is 4.79 Å². The summed E-state index contributed by atoms with van der Waals surface area (Å²) in [5.74, 6) is 6.14. The molecule has 1 heterocycles. The lowest BCUT2D eigenvalue weighted by molar-refractivity contribution is -0.127. The van der Waals surface area contributed by atoms with Gasteiger partial charge < -0.3 is 15.1 Å². The number of urea groups is 1. The van der Waals surface area contributed by atoms with Crippen LogP contribution in [0.2, 0.25) is 5.02 Å². The van der Waals surface area contributed by atoms with Crippen LogP contribution in [0, 0.1) is 11.8 Å². The van der Waals surface area contributed by atoms with Crippen molar-refractivity contribution in [2.75, 3.05) is 26.2 Å². The Morgan fingerprint density at radius 1 is 1.25 bits per heavy atom. The van der Waals surface area contributed by atoms with Crippen molar-refractivity contribution in [3.63, 3.8) is 0 Å². The smallest absolute Gasteiger partial charge is 0.318 e. The summed E-state index contributed by atoms with van der Waals surface area (Å²) < 4.78 is 0. The van der Waals surface area contributed by atoms with E-state index in [0.717, 1.165) is 29.0 Å². The summed E-state index contributed by atoms with van der Waals surface area (Å²) in [5.41, 5.74) is 2.25.